The first-order valence-electron chi connectivity index (χ1n) is 11.7. The van der Waals surface area contributed by atoms with Crippen LogP contribution in [0.5, 0.6) is 17.2 Å². The molecule has 0 heterocycles. The number of anilines is 1. The van der Waals surface area contributed by atoms with Gasteiger partial charge in [0.2, 0.25) is 0 Å². The monoisotopic (exact) mass is 578 g/mol. The summed E-state index contributed by atoms with van der Waals surface area (Å²) in [5, 5.41) is 9.53. The molecule has 0 fully saturated rings. The second-order valence-electron chi connectivity index (χ2n) is 8.60. The highest BCUT2D eigenvalue weighted by Crippen LogP contribution is 2.38. The predicted octanol–water partition coefficient (Wildman–Crippen LogP) is 7.72. The molecule has 0 aromatic heterocycles. The minimum atomic E-state index is -4.55. The van der Waals surface area contributed by atoms with E-state index in [0.717, 1.165) is 18.2 Å². The summed E-state index contributed by atoms with van der Waals surface area (Å²) in [6, 6.07) is 17.2. The number of ketones is 1. The van der Waals surface area contributed by atoms with Crippen LogP contribution in [0.3, 0.4) is 0 Å². The van der Waals surface area contributed by atoms with Crippen molar-refractivity contribution < 1.29 is 32.2 Å². The number of rotatable bonds is 10. The molecule has 0 aliphatic heterocycles. The Labute approximate surface area is 233 Å². The van der Waals surface area contributed by atoms with Crippen molar-refractivity contribution in [2.75, 3.05) is 11.5 Å². The van der Waals surface area contributed by atoms with Crippen molar-refractivity contribution in [3.05, 3.63) is 82.3 Å². The van der Waals surface area contributed by atoms with Crippen LogP contribution < -0.4 is 14.4 Å². The highest BCUT2D eigenvalue weighted by molar-refractivity contribution is 6.32. The molecule has 39 heavy (non-hydrogen) atoms. The third-order valence-corrected chi connectivity index (χ3v) is 6.09. The van der Waals surface area contributed by atoms with Crippen LogP contribution in [0, 0.1) is 17.2 Å². The molecule has 1 atom stereocenters. The molecule has 3 aromatic rings. The number of para-hydroxylation sites is 1. The molecule has 0 aliphatic carbocycles. The van der Waals surface area contributed by atoms with Crippen LogP contribution >= 0.6 is 23.2 Å². The van der Waals surface area contributed by atoms with Gasteiger partial charge in [0.25, 0.3) is 5.91 Å². The maximum absolute atomic E-state index is 13.1. The van der Waals surface area contributed by atoms with Crippen LogP contribution in [-0.2, 0) is 15.8 Å². The number of amides is 1. The molecular weight excluding hydrogens is 556 g/mol. The number of benzene rings is 3. The van der Waals surface area contributed by atoms with Crippen molar-refractivity contribution in [1.82, 2.24) is 0 Å². The summed E-state index contributed by atoms with van der Waals surface area (Å²) in [7, 11) is 0. The summed E-state index contributed by atoms with van der Waals surface area (Å²) in [4.78, 5) is 27.3. The smallest absolute Gasteiger partial charge is 0.416 e. The lowest BCUT2D eigenvalue weighted by atomic mass is 10.0. The van der Waals surface area contributed by atoms with Gasteiger partial charge in [-0.15, -0.1) is 0 Å². The van der Waals surface area contributed by atoms with E-state index in [1.165, 1.54) is 23.1 Å². The van der Waals surface area contributed by atoms with Gasteiger partial charge in [-0.05, 0) is 56.3 Å². The van der Waals surface area contributed by atoms with Crippen molar-refractivity contribution in [1.29, 1.82) is 5.26 Å². The van der Waals surface area contributed by atoms with Gasteiger partial charge in [0.15, 0.2) is 11.7 Å². The summed E-state index contributed by atoms with van der Waals surface area (Å²) < 4.78 is 49.8. The lowest BCUT2D eigenvalue weighted by Gasteiger charge is -2.28. The number of carbonyl (C=O) groups excluding carboxylic acids is 2. The summed E-state index contributed by atoms with van der Waals surface area (Å²) >= 11 is 12.1. The van der Waals surface area contributed by atoms with E-state index in [-0.39, 0.29) is 46.4 Å². The van der Waals surface area contributed by atoms with Gasteiger partial charge in [0.1, 0.15) is 17.2 Å². The van der Waals surface area contributed by atoms with Gasteiger partial charge in [-0.3, -0.25) is 9.59 Å². The fourth-order valence-corrected chi connectivity index (χ4v) is 4.01. The number of Topliss-reactive ketones (excluding diaryl/α,β-unsaturated/α-hetero) is 1. The average Bonchev–Trinajstić information content (AvgIpc) is 2.87. The number of carbonyl (C=O) groups is 2. The van der Waals surface area contributed by atoms with E-state index < -0.39 is 29.3 Å². The maximum Gasteiger partial charge on any atom is 0.416 e. The van der Waals surface area contributed by atoms with Gasteiger partial charge in [-0.1, -0.05) is 41.4 Å². The average molecular weight is 579 g/mol. The molecule has 0 N–H and O–H groups in total. The molecule has 3 aromatic carbocycles. The molecule has 0 saturated carbocycles. The van der Waals surface area contributed by atoms with Crippen LogP contribution in [0.4, 0.5) is 18.9 Å². The minimum absolute atomic E-state index is 0.0170. The van der Waals surface area contributed by atoms with Crippen molar-refractivity contribution in [2.24, 2.45) is 5.92 Å². The van der Waals surface area contributed by atoms with E-state index >= 15 is 0 Å². The van der Waals surface area contributed by atoms with Gasteiger partial charge in [-0.25, -0.2) is 0 Å². The zero-order valence-corrected chi connectivity index (χ0v) is 22.3. The maximum atomic E-state index is 13.1. The van der Waals surface area contributed by atoms with E-state index in [1.807, 2.05) is 0 Å². The predicted molar refractivity (Wildman–Crippen MR) is 141 cm³/mol. The van der Waals surface area contributed by atoms with Gasteiger partial charge in [-0.2, -0.15) is 18.4 Å². The van der Waals surface area contributed by atoms with Crippen molar-refractivity contribution in [3.63, 3.8) is 0 Å². The Morgan fingerprint density at radius 2 is 1.67 bits per heavy atom. The molecule has 1 amide bonds. The summed E-state index contributed by atoms with van der Waals surface area (Å²) in [6.07, 6.45) is -4.80. The largest absolute Gasteiger partial charge is 0.491 e. The van der Waals surface area contributed by atoms with Gasteiger partial charge < -0.3 is 14.4 Å². The standard InChI is InChI=1S/C28H23Cl2F3N2O4/c1-17(2)35(19-6-4-3-5-7-19)27(37)21(16-34)24(36)12-13-38-26-15-20(9-10-22(26)29)39-25-11-8-18(14-23(25)30)28(31,32)33/h3-11,14-15,17,21H,12-13H2,1-2H3. The number of alkyl halides is 3. The van der Waals surface area contributed by atoms with E-state index in [4.69, 9.17) is 32.7 Å². The fraction of sp³-hybridized carbons (Fsp3) is 0.250. The van der Waals surface area contributed by atoms with E-state index in [0.29, 0.717) is 5.69 Å². The van der Waals surface area contributed by atoms with Crippen molar-refractivity contribution in [2.45, 2.75) is 32.5 Å². The Hall–Kier alpha value is -3.74. The zero-order chi connectivity index (χ0) is 28.7. The topological polar surface area (TPSA) is 79.6 Å². The fourth-order valence-electron chi connectivity index (χ4n) is 3.62. The normalized spacial score (nSPS) is 12.0. The molecule has 1 unspecified atom stereocenters. The van der Waals surface area contributed by atoms with Crippen LogP contribution in [0.2, 0.25) is 10.0 Å². The van der Waals surface area contributed by atoms with Crippen LogP contribution in [0.15, 0.2) is 66.7 Å². The van der Waals surface area contributed by atoms with Gasteiger partial charge in [0, 0.05) is 24.2 Å². The highest BCUT2D eigenvalue weighted by Gasteiger charge is 2.33. The third-order valence-electron chi connectivity index (χ3n) is 5.48. The van der Waals surface area contributed by atoms with Gasteiger partial charge in [0.05, 0.1) is 28.3 Å². The Kier molecular flexibility index (Phi) is 9.84. The van der Waals surface area contributed by atoms with Gasteiger partial charge >= 0.3 is 6.18 Å². The number of hydrogen-bond acceptors (Lipinski definition) is 5. The molecule has 6 nitrogen and oxygen atoms in total. The first-order chi connectivity index (χ1) is 18.4. The second-order valence-corrected chi connectivity index (χ2v) is 9.42. The quantitative estimate of drug-likeness (QED) is 0.230. The lowest BCUT2D eigenvalue weighted by molar-refractivity contribution is -0.137. The van der Waals surface area contributed by atoms with E-state index in [2.05, 4.69) is 0 Å². The molecule has 0 bridgehead atoms. The summed E-state index contributed by atoms with van der Waals surface area (Å²) in [5.74, 6) is -2.50. The Bertz CT molecular complexity index is 1380. The van der Waals surface area contributed by atoms with Crippen LogP contribution in [0.25, 0.3) is 0 Å². The number of ether oxygens (including phenoxy) is 2. The van der Waals surface area contributed by atoms with E-state index in [1.54, 1.807) is 50.2 Å². The lowest BCUT2D eigenvalue weighted by Crippen LogP contribution is -2.43. The SMILES string of the molecule is CC(C)N(C(=O)C(C#N)C(=O)CCOc1cc(Oc2ccc(C(F)(F)F)cc2Cl)ccc1Cl)c1ccccc1. The molecular formula is C28H23Cl2F3N2O4. The first-order valence-corrected chi connectivity index (χ1v) is 12.5. The number of nitrogens with zero attached hydrogens (tertiary/aromatic N) is 2. The number of nitriles is 1. The summed E-state index contributed by atoms with van der Waals surface area (Å²) in [6.45, 7) is 3.37. The summed E-state index contributed by atoms with van der Waals surface area (Å²) in [5.41, 5.74) is -0.349. The molecule has 0 saturated heterocycles. The number of hydrogen-bond donors (Lipinski definition) is 0. The highest BCUT2D eigenvalue weighted by atomic mass is 35.5. The second kappa shape index (κ2) is 12.9. The van der Waals surface area contributed by atoms with E-state index in [9.17, 15) is 28.0 Å². The van der Waals surface area contributed by atoms with Crippen molar-refractivity contribution in [3.8, 4) is 23.3 Å². The number of halogens is 5. The Morgan fingerprint density at radius 1 is 0.974 bits per heavy atom. The Balaban J connectivity index is 1.66. The molecule has 0 spiro atoms. The third kappa shape index (κ3) is 7.65. The molecule has 11 heteroatoms. The zero-order valence-electron chi connectivity index (χ0n) is 20.8. The van der Waals surface area contributed by atoms with Crippen molar-refractivity contribution >= 4 is 40.6 Å². The first kappa shape index (κ1) is 29.8. The molecule has 0 radical (unpaired) electrons. The van der Waals surface area contributed by atoms with Crippen LogP contribution in [0.1, 0.15) is 25.8 Å². The molecule has 3 rings (SSSR count). The molecule has 204 valence electrons. The van der Waals surface area contributed by atoms with Crippen LogP contribution in [-0.4, -0.2) is 24.3 Å². The minimum Gasteiger partial charge on any atom is -0.491 e. The molecule has 0 aliphatic rings. The Morgan fingerprint density at radius 3 is 2.26 bits per heavy atom.